The predicted molar refractivity (Wildman–Crippen MR) is 56.2 cm³/mol. The van der Waals surface area contributed by atoms with Crippen molar-refractivity contribution < 1.29 is 0 Å². The first kappa shape index (κ1) is 11.1. The average molecular weight is 194 g/mol. The second-order valence-corrected chi connectivity index (χ2v) is 4.07. The van der Waals surface area contributed by atoms with E-state index in [9.17, 15) is 0 Å². The van der Waals surface area contributed by atoms with E-state index in [1.165, 1.54) is 0 Å². The minimum Gasteiger partial charge on any atom is -0.271 e. The maximum Gasteiger partial charge on any atom is 0.0775 e. The Balaban J connectivity index is 2.93. The SMILES string of the molecule is CCC(C)(C)C(NN)c1cnccn1. The Labute approximate surface area is 84.9 Å². The Morgan fingerprint density at radius 1 is 1.50 bits per heavy atom. The fourth-order valence-electron chi connectivity index (χ4n) is 1.38. The molecular weight excluding hydrogens is 176 g/mol. The highest BCUT2D eigenvalue weighted by Crippen LogP contribution is 2.34. The van der Waals surface area contributed by atoms with Crippen molar-refractivity contribution in [2.45, 2.75) is 33.2 Å². The van der Waals surface area contributed by atoms with E-state index in [4.69, 9.17) is 5.84 Å². The van der Waals surface area contributed by atoms with Gasteiger partial charge in [0.05, 0.1) is 17.9 Å². The highest BCUT2D eigenvalue weighted by atomic mass is 15.2. The van der Waals surface area contributed by atoms with Gasteiger partial charge in [0.1, 0.15) is 0 Å². The van der Waals surface area contributed by atoms with Gasteiger partial charge in [-0.05, 0) is 11.8 Å². The molecule has 3 N–H and O–H groups in total. The molecule has 1 rings (SSSR count). The summed E-state index contributed by atoms with van der Waals surface area (Å²) in [6.07, 6.45) is 6.13. The molecule has 0 aliphatic rings. The lowest BCUT2D eigenvalue weighted by molar-refractivity contribution is 0.231. The van der Waals surface area contributed by atoms with Crippen molar-refractivity contribution in [3.63, 3.8) is 0 Å². The van der Waals surface area contributed by atoms with Crippen LogP contribution in [0.2, 0.25) is 0 Å². The standard InChI is InChI=1S/C10H18N4/c1-4-10(2,3)9(14-11)8-7-12-5-6-13-8/h5-7,9,14H,4,11H2,1-3H3. The number of hydrogen-bond acceptors (Lipinski definition) is 4. The van der Waals surface area contributed by atoms with Gasteiger partial charge in [0.15, 0.2) is 0 Å². The molecular formula is C10H18N4. The molecule has 0 saturated heterocycles. The first-order valence-corrected chi connectivity index (χ1v) is 4.84. The van der Waals surface area contributed by atoms with E-state index in [-0.39, 0.29) is 11.5 Å². The van der Waals surface area contributed by atoms with Gasteiger partial charge in [-0.15, -0.1) is 0 Å². The maximum absolute atomic E-state index is 5.55. The molecule has 0 saturated carbocycles. The molecule has 1 atom stereocenters. The first-order valence-electron chi connectivity index (χ1n) is 4.84. The molecule has 0 amide bonds. The number of hydrogen-bond donors (Lipinski definition) is 2. The third-order valence-corrected chi connectivity index (χ3v) is 2.74. The summed E-state index contributed by atoms with van der Waals surface area (Å²) >= 11 is 0. The van der Waals surface area contributed by atoms with E-state index >= 15 is 0 Å². The lowest BCUT2D eigenvalue weighted by Gasteiger charge is -2.32. The van der Waals surface area contributed by atoms with Crippen molar-refractivity contribution >= 4 is 0 Å². The number of rotatable bonds is 4. The Kier molecular flexibility index (Phi) is 3.55. The summed E-state index contributed by atoms with van der Waals surface area (Å²) in [7, 11) is 0. The molecule has 14 heavy (non-hydrogen) atoms. The largest absolute Gasteiger partial charge is 0.271 e. The Hall–Kier alpha value is -1.00. The molecule has 0 aliphatic heterocycles. The molecule has 0 bridgehead atoms. The molecule has 1 aromatic rings. The molecule has 0 fully saturated rings. The lowest BCUT2D eigenvalue weighted by atomic mass is 9.81. The van der Waals surface area contributed by atoms with Crippen LogP contribution < -0.4 is 11.3 Å². The average Bonchev–Trinajstić information content (AvgIpc) is 2.20. The van der Waals surface area contributed by atoms with E-state index < -0.39 is 0 Å². The zero-order valence-electron chi connectivity index (χ0n) is 8.99. The van der Waals surface area contributed by atoms with E-state index in [1.54, 1.807) is 18.6 Å². The van der Waals surface area contributed by atoms with Crippen LogP contribution in [0, 0.1) is 5.41 Å². The molecule has 1 aromatic heterocycles. The first-order chi connectivity index (χ1) is 6.61. The number of nitrogens with two attached hydrogens (primary N) is 1. The van der Waals surface area contributed by atoms with Crippen LogP contribution >= 0.6 is 0 Å². The number of nitrogens with zero attached hydrogens (tertiary/aromatic N) is 2. The fraction of sp³-hybridized carbons (Fsp3) is 0.600. The summed E-state index contributed by atoms with van der Waals surface area (Å²) in [6.45, 7) is 6.46. The van der Waals surface area contributed by atoms with Gasteiger partial charge in [0.25, 0.3) is 0 Å². The predicted octanol–water partition coefficient (Wildman–Crippen LogP) is 1.42. The third kappa shape index (κ3) is 2.27. The molecule has 1 heterocycles. The summed E-state index contributed by atoms with van der Waals surface area (Å²) < 4.78 is 0. The Morgan fingerprint density at radius 2 is 2.21 bits per heavy atom. The molecule has 0 spiro atoms. The normalized spacial score (nSPS) is 14.0. The molecule has 0 radical (unpaired) electrons. The summed E-state index contributed by atoms with van der Waals surface area (Å²) in [4.78, 5) is 8.30. The van der Waals surface area contributed by atoms with Gasteiger partial charge in [0.2, 0.25) is 0 Å². The van der Waals surface area contributed by atoms with Crippen molar-refractivity contribution in [2.24, 2.45) is 11.3 Å². The highest BCUT2D eigenvalue weighted by molar-refractivity contribution is 5.06. The van der Waals surface area contributed by atoms with Gasteiger partial charge in [-0.25, -0.2) is 0 Å². The summed E-state index contributed by atoms with van der Waals surface area (Å²) in [6, 6.07) is 0.0428. The molecule has 0 aliphatic carbocycles. The summed E-state index contributed by atoms with van der Waals surface area (Å²) in [5.74, 6) is 5.55. The number of aromatic nitrogens is 2. The van der Waals surface area contributed by atoms with Crippen LogP contribution in [0.1, 0.15) is 38.9 Å². The van der Waals surface area contributed by atoms with Gasteiger partial charge < -0.3 is 0 Å². The lowest BCUT2D eigenvalue weighted by Crippen LogP contribution is -2.38. The molecule has 0 aromatic carbocycles. The zero-order chi connectivity index (χ0) is 10.6. The number of hydrazine groups is 1. The van der Waals surface area contributed by atoms with Crippen LogP contribution in [0.15, 0.2) is 18.6 Å². The minimum atomic E-state index is 0.0428. The summed E-state index contributed by atoms with van der Waals surface area (Å²) in [5.41, 5.74) is 3.77. The van der Waals surface area contributed by atoms with Crippen LogP contribution in [0.25, 0.3) is 0 Å². The minimum absolute atomic E-state index is 0.0428. The molecule has 78 valence electrons. The fourth-order valence-corrected chi connectivity index (χ4v) is 1.38. The van der Waals surface area contributed by atoms with Crippen molar-refractivity contribution in [3.05, 3.63) is 24.3 Å². The van der Waals surface area contributed by atoms with Crippen LogP contribution in [0.4, 0.5) is 0 Å². The zero-order valence-corrected chi connectivity index (χ0v) is 8.99. The topological polar surface area (TPSA) is 63.8 Å². The van der Waals surface area contributed by atoms with Crippen LogP contribution in [0.5, 0.6) is 0 Å². The Morgan fingerprint density at radius 3 is 2.64 bits per heavy atom. The van der Waals surface area contributed by atoms with Gasteiger partial charge in [0, 0.05) is 12.4 Å². The van der Waals surface area contributed by atoms with Gasteiger partial charge >= 0.3 is 0 Å². The van der Waals surface area contributed by atoms with E-state index in [0.717, 1.165) is 12.1 Å². The second-order valence-electron chi connectivity index (χ2n) is 4.07. The summed E-state index contributed by atoms with van der Waals surface area (Å²) in [5, 5.41) is 0. The van der Waals surface area contributed by atoms with Gasteiger partial charge in [-0.2, -0.15) is 0 Å². The van der Waals surface area contributed by atoms with Crippen molar-refractivity contribution in [3.8, 4) is 0 Å². The maximum atomic E-state index is 5.55. The third-order valence-electron chi connectivity index (χ3n) is 2.74. The van der Waals surface area contributed by atoms with E-state index in [0.29, 0.717) is 0 Å². The highest BCUT2D eigenvalue weighted by Gasteiger charge is 2.29. The quantitative estimate of drug-likeness (QED) is 0.562. The van der Waals surface area contributed by atoms with E-state index in [2.05, 4.69) is 36.2 Å². The second kappa shape index (κ2) is 4.48. The van der Waals surface area contributed by atoms with Gasteiger partial charge in [-0.1, -0.05) is 20.8 Å². The smallest absolute Gasteiger partial charge is 0.0775 e. The molecule has 4 heteroatoms. The van der Waals surface area contributed by atoms with Crippen molar-refractivity contribution in [1.82, 2.24) is 15.4 Å². The van der Waals surface area contributed by atoms with Crippen LogP contribution in [0.3, 0.4) is 0 Å². The van der Waals surface area contributed by atoms with Gasteiger partial charge in [-0.3, -0.25) is 21.2 Å². The van der Waals surface area contributed by atoms with Crippen LogP contribution in [-0.4, -0.2) is 9.97 Å². The molecule has 1 unspecified atom stereocenters. The Bertz CT molecular complexity index is 271. The van der Waals surface area contributed by atoms with Crippen LogP contribution in [-0.2, 0) is 0 Å². The number of nitrogens with one attached hydrogen (secondary N) is 1. The molecule has 4 nitrogen and oxygen atoms in total. The van der Waals surface area contributed by atoms with E-state index in [1.807, 2.05) is 0 Å². The monoisotopic (exact) mass is 194 g/mol. The van der Waals surface area contributed by atoms with Crippen molar-refractivity contribution in [1.29, 1.82) is 0 Å². The van der Waals surface area contributed by atoms with Crippen molar-refractivity contribution in [2.75, 3.05) is 0 Å².